The summed E-state index contributed by atoms with van der Waals surface area (Å²) in [5.74, 6) is 0.729. The van der Waals surface area contributed by atoms with Gasteiger partial charge >= 0.3 is 6.03 Å². The van der Waals surface area contributed by atoms with Gasteiger partial charge in [-0.1, -0.05) is 18.2 Å². The predicted molar refractivity (Wildman–Crippen MR) is 112 cm³/mol. The Hall–Kier alpha value is -3.06. The predicted octanol–water partition coefficient (Wildman–Crippen LogP) is 3.78. The van der Waals surface area contributed by atoms with Crippen molar-refractivity contribution in [2.75, 3.05) is 30.4 Å². The van der Waals surface area contributed by atoms with E-state index >= 15 is 0 Å². The second-order valence-electron chi connectivity index (χ2n) is 6.86. The van der Waals surface area contributed by atoms with E-state index in [0.717, 1.165) is 25.2 Å². The van der Waals surface area contributed by atoms with Crippen molar-refractivity contribution < 1.29 is 19.1 Å². The molecule has 0 saturated carbocycles. The average molecular weight is 397 g/mol. The van der Waals surface area contributed by atoms with Crippen LogP contribution in [0, 0.1) is 0 Å². The van der Waals surface area contributed by atoms with Gasteiger partial charge in [0.1, 0.15) is 5.75 Å². The summed E-state index contributed by atoms with van der Waals surface area (Å²) in [6.07, 6.45) is 3.13. The van der Waals surface area contributed by atoms with Crippen LogP contribution in [0.4, 0.5) is 16.2 Å². The van der Waals surface area contributed by atoms with E-state index in [1.807, 2.05) is 30.3 Å². The van der Waals surface area contributed by atoms with E-state index in [4.69, 9.17) is 9.47 Å². The van der Waals surface area contributed by atoms with E-state index in [9.17, 15) is 9.59 Å². The van der Waals surface area contributed by atoms with Gasteiger partial charge in [-0.2, -0.15) is 0 Å². The van der Waals surface area contributed by atoms with Crippen LogP contribution in [0.15, 0.2) is 54.6 Å². The standard InChI is InChI=1S/C22H27N3O4/c26-21(9-5-15-28-19-6-2-1-3-7-19)24-17-10-12-18(13-11-17)25-22(27)23-16-20-8-4-14-29-20/h1-3,6-7,10-13,20H,4-5,8-9,14-16H2,(H,24,26)(H2,23,25,27). The first-order valence-electron chi connectivity index (χ1n) is 9.93. The first-order chi connectivity index (χ1) is 14.2. The fourth-order valence-electron chi connectivity index (χ4n) is 2.99. The fraction of sp³-hybridized carbons (Fsp3) is 0.364. The zero-order chi connectivity index (χ0) is 20.3. The summed E-state index contributed by atoms with van der Waals surface area (Å²) in [6, 6.07) is 16.3. The van der Waals surface area contributed by atoms with Gasteiger partial charge in [0.2, 0.25) is 5.91 Å². The normalized spacial score (nSPS) is 15.5. The Bertz CT molecular complexity index is 774. The quantitative estimate of drug-likeness (QED) is 0.562. The topological polar surface area (TPSA) is 88.7 Å². The molecular weight excluding hydrogens is 370 g/mol. The van der Waals surface area contributed by atoms with Gasteiger partial charge in [0.25, 0.3) is 0 Å². The van der Waals surface area contributed by atoms with Crippen molar-refractivity contribution in [1.82, 2.24) is 5.32 Å². The zero-order valence-electron chi connectivity index (χ0n) is 16.4. The second-order valence-corrected chi connectivity index (χ2v) is 6.86. The number of ether oxygens (including phenoxy) is 2. The molecule has 1 unspecified atom stereocenters. The molecule has 1 heterocycles. The Morgan fingerprint density at radius 1 is 1.00 bits per heavy atom. The Morgan fingerprint density at radius 2 is 1.72 bits per heavy atom. The minimum atomic E-state index is -0.268. The van der Waals surface area contributed by atoms with Gasteiger partial charge in [-0.25, -0.2) is 4.79 Å². The van der Waals surface area contributed by atoms with Crippen molar-refractivity contribution in [3.63, 3.8) is 0 Å². The first-order valence-corrected chi connectivity index (χ1v) is 9.93. The lowest BCUT2D eigenvalue weighted by atomic mass is 10.2. The number of benzene rings is 2. The summed E-state index contributed by atoms with van der Waals surface area (Å²) >= 11 is 0. The minimum absolute atomic E-state index is 0.0725. The molecule has 0 aliphatic carbocycles. The number of para-hydroxylation sites is 1. The molecule has 154 valence electrons. The van der Waals surface area contributed by atoms with Gasteiger partial charge in [0.15, 0.2) is 0 Å². The van der Waals surface area contributed by atoms with Crippen LogP contribution in [-0.2, 0) is 9.53 Å². The highest BCUT2D eigenvalue weighted by Gasteiger charge is 2.16. The number of urea groups is 1. The number of carbonyl (C=O) groups is 2. The summed E-state index contributed by atoms with van der Waals surface area (Å²) in [7, 11) is 0. The summed E-state index contributed by atoms with van der Waals surface area (Å²) < 4.78 is 11.1. The number of hydrogen-bond donors (Lipinski definition) is 3. The van der Waals surface area contributed by atoms with Crippen LogP contribution in [0.2, 0.25) is 0 Å². The van der Waals surface area contributed by atoms with Crippen LogP contribution in [-0.4, -0.2) is 37.8 Å². The lowest BCUT2D eigenvalue weighted by Gasteiger charge is -2.12. The number of rotatable bonds is 9. The van der Waals surface area contributed by atoms with Crippen molar-refractivity contribution in [2.24, 2.45) is 0 Å². The summed E-state index contributed by atoms with van der Waals surface area (Å²) in [6.45, 7) is 1.76. The van der Waals surface area contributed by atoms with Gasteiger partial charge in [-0.3, -0.25) is 4.79 Å². The van der Waals surface area contributed by atoms with E-state index in [1.165, 1.54) is 0 Å². The molecule has 1 aliphatic heterocycles. The number of amides is 3. The van der Waals surface area contributed by atoms with Crippen LogP contribution >= 0.6 is 0 Å². The van der Waals surface area contributed by atoms with Gasteiger partial charge < -0.3 is 25.4 Å². The van der Waals surface area contributed by atoms with E-state index in [0.29, 0.717) is 37.4 Å². The van der Waals surface area contributed by atoms with Crippen LogP contribution in [0.5, 0.6) is 5.75 Å². The third-order valence-electron chi connectivity index (χ3n) is 4.50. The second kappa shape index (κ2) is 11.1. The van der Waals surface area contributed by atoms with Gasteiger partial charge in [-0.05, 0) is 55.7 Å². The summed E-state index contributed by atoms with van der Waals surface area (Å²) in [4.78, 5) is 24.0. The van der Waals surface area contributed by atoms with Crippen LogP contribution in [0.25, 0.3) is 0 Å². The third kappa shape index (κ3) is 7.46. The first kappa shape index (κ1) is 20.7. The number of carbonyl (C=O) groups excluding carboxylic acids is 2. The fourth-order valence-corrected chi connectivity index (χ4v) is 2.99. The number of nitrogens with one attached hydrogen (secondary N) is 3. The van der Waals surface area contributed by atoms with E-state index in [-0.39, 0.29) is 18.0 Å². The average Bonchev–Trinajstić information content (AvgIpc) is 3.26. The van der Waals surface area contributed by atoms with Crippen molar-refractivity contribution in [1.29, 1.82) is 0 Å². The molecule has 1 aliphatic rings. The molecule has 2 aromatic carbocycles. The molecule has 3 rings (SSSR count). The largest absolute Gasteiger partial charge is 0.494 e. The van der Waals surface area contributed by atoms with Gasteiger partial charge in [0, 0.05) is 30.9 Å². The molecular formula is C22H27N3O4. The maximum atomic E-state index is 12.0. The highest BCUT2D eigenvalue weighted by molar-refractivity contribution is 5.92. The maximum Gasteiger partial charge on any atom is 0.319 e. The molecule has 0 aromatic heterocycles. The maximum absolute atomic E-state index is 12.0. The molecule has 29 heavy (non-hydrogen) atoms. The Balaban J connectivity index is 1.32. The Morgan fingerprint density at radius 3 is 2.41 bits per heavy atom. The third-order valence-corrected chi connectivity index (χ3v) is 4.50. The minimum Gasteiger partial charge on any atom is -0.494 e. The zero-order valence-corrected chi connectivity index (χ0v) is 16.4. The molecule has 3 N–H and O–H groups in total. The molecule has 1 fully saturated rings. The Kier molecular flexibility index (Phi) is 7.89. The molecule has 1 atom stereocenters. The monoisotopic (exact) mass is 397 g/mol. The van der Waals surface area contributed by atoms with Crippen molar-refractivity contribution >= 4 is 23.3 Å². The van der Waals surface area contributed by atoms with Crippen LogP contribution < -0.4 is 20.7 Å². The van der Waals surface area contributed by atoms with Crippen LogP contribution in [0.3, 0.4) is 0 Å². The SMILES string of the molecule is O=C(CCCOc1ccccc1)Nc1ccc(NC(=O)NCC2CCCO2)cc1. The molecule has 0 spiro atoms. The molecule has 2 aromatic rings. The van der Waals surface area contributed by atoms with Crippen molar-refractivity contribution in [3.05, 3.63) is 54.6 Å². The Labute approximate surface area is 170 Å². The molecule has 1 saturated heterocycles. The molecule has 7 heteroatoms. The molecule has 0 bridgehead atoms. The lowest BCUT2D eigenvalue weighted by Crippen LogP contribution is -2.35. The number of anilines is 2. The van der Waals surface area contributed by atoms with Crippen LogP contribution in [0.1, 0.15) is 25.7 Å². The van der Waals surface area contributed by atoms with Gasteiger partial charge in [0.05, 0.1) is 12.7 Å². The molecule has 0 radical (unpaired) electrons. The highest BCUT2D eigenvalue weighted by Crippen LogP contribution is 2.15. The highest BCUT2D eigenvalue weighted by atomic mass is 16.5. The summed E-state index contributed by atoms with van der Waals surface area (Å²) in [5.41, 5.74) is 1.34. The van der Waals surface area contributed by atoms with Crippen molar-refractivity contribution in [3.8, 4) is 5.75 Å². The van der Waals surface area contributed by atoms with Crippen molar-refractivity contribution in [2.45, 2.75) is 31.8 Å². The molecule has 7 nitrogen and oxygen atoms in total. The molecule has 3 amide bonds. The van der Waals surface area contributed by atoms with E-state index < -0.39 is 0 Å². The number of hydrogen-bond acceptors (Lipinski definition) is 4. The smallest absolute Gasteiger partial charge is 0.319 e. The van der Waals surface area contributed by atoms with E-state index in [2.05, 4.69) is 16.0 Å². The lowest BCUT2D eigenvalue weighted by molar-refractivity contribution is -0.116. The van der Waals surface area contributed by atoms with Gasteiger partial charge in [-0.15, -0.1) is 0 Å². The summed E-state index contributed by atoms with van der Waals surface area (Å²) in [5, 5.41) is 8.42. The van der Waals surface area contributed by atoms with E-state index in [1.54, 1.807) is 24.3 Å².